The summed E-state index contributed by atoms with van der Waals surface area (Å²) in [6.07, 6.45) is -0.644. The van der Waals surface area contributed by atoms with E-state index in [1.54, 1.807) is 12.1 Å². The molecule has 0 saturated heterocycles. The summed E-state index contributed by atoms with van der Waals surface area (Å²) in [4.78, 5) is 33.3. The SMILES string of the molecule is NC(=O)[C@H](Cc1ccccc1)NC(=O)Oc1ccc([N+](=O)[O-])cc1. The van der Waals surface area contributed by atoms with Gasteiger partial charge in [-0.1, -0.05) is 30.3 Å². The van der Waals surface area contributed by atoms with Gasteiger partial charge in [-0.05, 0) is 17.7 Å². The molecule has 0 aliphatic carbocycles. The van der Waals surface area contributed by atoms with Crippen LogP contribution in [0.5, 0.6) is 5.75 Å². The van der Waals surface area contributed by atoms with Crippen LogP contribution in [0.4, 0.5) is 10.5 Å². The van der Waals surface area contributed by atoms with Crippen LogP contribution in [0.3, 0.4) is 0 Å². The molecule has 0 radical (unpaired) electrons. The molecular formula is C16H15N3O5. The highest BCUT2D eigenvalue weighted by molar-refractivity contribution is 5.85. The van der Waals surface area contributed by atoms with Crippen molar-refractivity contribution in [1.29, 1.82) is 0 Å². The van der Waals surface area contributed by atoms with E-state index in [4.69, 9.17) is 10.5 Å². The summed E-state index contributed by atoms with van der Waals surface area (Å²) >= 11 is 0. The van der Waals surface area contributed by atoms with Crippen LogP contribution in [0.15, 0.2) is 54.6 Å². The minimum atomic E-state index is -0.932. The Balaban J connectivity index is 1.97. The number of primary amides is 1. The van der Waals surface area contributed by atoms with E-state index in [0.717, 1.165) is 5.56 Å². The molecule has 0 aromatic heterocycles. The Morgan fingerprint density at radius 2 is 1.75 bits per heavy atom. The van der Waals surface area contributed by atoms with E-state index in [0.29, 0.717) is 0 Å². The zero-order valence-electron chi connectivity index (χ0n) is 12.5. The molecule has 0 spiro atoms. The monoisotopic (exact) mass is 329 g/mol. The molecule has 124 valence electrons. The van der Waals surface area contributed by atoms with Gasteiger partial charge in [-0.2, -0.15) is 0 Å². The lowest BCUT2D eigenvalue weighted by Gasteiger charge is -2.15. The lowest BCUT2D eigenvalue weighted by molar-refractivity contribution is -0.384. The molecule has 0 aliphatic heterocycles. The lowest BCUT2D eigenvalue weighted by Crippen LogP contribution is -2.46. The van der Waals surface area contributed by atoms with Crippen molar-refractivity contribution >= 4 is 17.7 Å². The number of carbonyl (C=O) groups is 2. The quantitative estimate of drug-likeness (QED) is 0.617. The number of hydrogen-bond acceptors (Lipinski definition) is 5. The van der Waals surface area contributed by atoms with Crippen molar-refractivity contribution in [2.24, 2.45) is 5.73 Å². The largest absolute Gasteiger partial charge is 0.413 e. The van der Waals surface area contributed by atoms with E-state index in [1.165, 1.54) is 24.3 Å². The van der Waals surface area contributed by atoms with Crippen LogP contribution in [0.2, 0.25) is 0 Å². The third kappa shape index (κ3) is 4.80. The van der Waals surface area contributed by atoms with Crippen LogP contribution >= 0.6 is 0 Å². The highest BCUT2D eigenvalue weighted by Crippen LogP contribution is 2.17. The van der Waals surface area contributed by atoms with Crippen molar-refractivity contribution < 1.29 is 19.2 Å². The van der Waals surface area contributed by atoms with Crippen LogP contribution in [0.25, 0.3) is 0 Å². The number of ether oxygens (including phenoxy) is 1. The highest BCUT2D eigenvalue weighted by Gasteiger charge is 2.20. The topological polar surface area (TPSA) is 125 Å². The van der Waals surface area contributed by atoms with Gasteiger partial charge in [-0.15, -0.1) is 0 Å². The third-order valence-electron chi connectivity index (χ3n) is 3.18. The zero-order chi connectivity index (χ0) is 17.5. The first-order valence-electron chi connectivity index (χ1n) is 7.02. The molecule has 2 aromatic carbocycles. The molecule has 0 unspecified atom stereocenters. The third-order valence-corrected chi connectivity index (χ3v) is 3.18. The number of carbonyl (C=O) groups excluding carboxylic acids is 2. The molecule has 0 fully saturated rings. The maximum Gasteiger partial charge on any atom is 0.413 e. The van der Waals surface area contributed by atoms with Gasteiger partial charge in [0.25, 0.3) is 5.69 Å². The fourth-order valence-corrected chi connectivity index (χ4v) is 1.99. The van der Waals surface area contributed by atoms with Crippen molar-refractivity contribution in [2.45, 2.75) is 12.5 Å². The van der Waals surface area contributed by atoms with E-state index < -0.39 is 23.0 Å². The van der Waals surface area contributed by atoms with Gasteiger partial charge in [0.05, 0.1) is 4.92 Å². The minimum Gasteiger partial charge on any atom is -0.410 e. The molecule has 2 rings (SSSR count). The number of non-ortho nitro benzene ring substituents is 1. The molecule has 0 bridgehead atoms. The highest BCUT2D eigenvalue weighted by atomic mass is 16.6. The minimum absolute atomic E-state index is 0.112. The average Bonchev–Trinajstić information content (AvgIpc) is 2.55. The Hall–Kier alpha value is -3.42. The van der Waals surface area contributed by atoms with E-state index in [2.05, 4.69) is 5.32 Å². The van der Waals surface area contributed by atoms with Gasteiger partial charge in [0.1, 0.15) is 11.8 Å². The van der Waals surface area contributed by atoms with E-state index in [9.17, 15) is 19.7 Å². The van der Waals surface area contributed by atoms with Crippen molar-refractivity contribution in [2.75, 3.05) is 0 Å². The number of nitrogens with two attached hydrogens (primary N) is 1. The second-order valence-corrected chi connectivity index (χ2v) is 4.93. The van der Waals surface area contributed by atoms with Gasteiger partial charge in [0.2, 0.25) is 5.91 Å². The first kappa shape index (κ1) is 16.9. The van der Waals surface area contributed by atoms with Crippen molar-refractivity contribution in [1.82, 2.24) is 5.32 Å². The van der Waals surface area contributed by atoms with Gasteiger partial charge in [-0.25, -0.2) is 4.79 Å². The van der Waals surface area contributed by atoms with Gasteiger partial charge < -0.3 is 15.8 Å². The fourth-order valence-electron chi connectivity index (χ4n) is 1.99. The molecule has 8 heteroatoms. The lowest BCUT2D eigenvalue weighted by atomic mass is 10.1. The Kier molecular flexibility index (Phi) is 5.45. The zero-order valence-corrected chi connectivity index (χ0v) is 12.5. The summed E-state index contributed by atoms with van der Waals surface area (Å²) in [6.45, 7) is 0. The maximum atomic E-state index is 11.9. The molecule has 2 aromatic rings. The van der Waals surface area contributed by atoms with Crippen LogP contribution < -0.4 is 15.8 Å². The number of hydrogen-bond donors (Lipinski definition) is 2. The summed E-state index contributed by atoms with van der Waals surface area (Å²) in [5.74, 6) is -0.583. The van der Waals surface area contributed by atoms with E-state index in [1.807, 2.05) is 18.2 Å². The number of amides is 2. The molecule has 1 atom stereocenters. The predicted molar refractivity (Wildman–Crippen MR) is 85.4 cm³/mol. The Bertz CT molecular complexity index is 731. The van der Waals surface area contributed by atoms with Crippen molar-refractivity contribution in [3.8, 4) is 5.75 Å². The van der Waals surface area contributed by atoms with Crippen LogP contribution in [0.1, 0.15) is 5.56 Å². The summed E-state index contributed by atoms with van der Waals surface area (Å²) < 4.78 is 4.99. The molecule has 24 heavy (non-hydrogen) atoms. The van der Waals surface area contributed by atoms with Crippen LogP contribution in [-0.4, -0.2) is 23.0 Å². The van der Waals surface area contributed by atoms with E-state index in [-0.39, 0.29) is 17.9 Å². The van der Waals surface area contributed by atoms with Crippen LogP contribution in [-0.2, 0) is 11.2 Å². The van der Waals surface area contributed by atoms with Crippen molar-refractivity contribution in [3.63, 3.8) is 0 Å². The standard InChI is InChI=1S/C16H15N3O5/c17-15(20)14(10-11-4-2-1-3-5-11)18-16(21)24-13-8-6-12(7-9-13)19(22)23/h1-9,14H,10H2,(H2,17,20)(H,18,21)/t14-/m0/s1. The summed E-state index contributed by atoms with van der Waals surface area (Å²) in [5.41, 5.74) is 6.00. The Labute approximate surface area is 137 Å². The van der Waals surface area contributed by atoms with Crippen LogP contribution in [0, 0.1) is 10.1 Å². The number of nitro benzene ring substituents is 1. The van der Waals surface area contributed by atoms with Gasteiger partial charge in [0.15, 0.2) is 0 Å². The van der Waals surface area contributed by atoms with Gasteiger partial charge in [0, 0.05) is 18.6 Å². The second kappa shape index (κ2) is 7.73. The summed E-state index contributed by atoms with van der Waals surface area (Å²) in [5, 5.41) is 12.9. The molecule has 0 heterocycles. The molecule has 8 nitrogen and oxygen atoms in total. The summed E-state index contributed by atoms with van der Waals surface area (Å²) in [6, 6.07) is 13.1. The first-order valence-corrected chi connectivity index (χ1v) is 7.02. The fraction of sp³-hybridized carbons (Fsp3) is 0.125. The van der Waals surface area contributed by atoms with Gasteiger partial charge in [-0.3, -0.25) is 14.9 Å². The van der Waals surface area contributed by atoms with E-state index >= 15 is 0 Å². The Morgan fingerprint density at radius 1 is 1.12 bits per heavy atom. The average molecular weight is 329 g/mol. The Morgan fingerprint density at radius 3 is 2.29 bits per heavy atom. The smallest absolute Gasteiger partial charge is 0.410 e. The number of nitro groups is 1. The summed E-state index contributed by atoms with van der Waals surface area (Å²) in [7, 11) is 0. The molecule has 0 saturated carbocycles. The maximum absolute atomic E-state index is 11.9. The number of nitrogens with one attached hydrogen (secondary N) is 1. The number of nitrogens with zero attached hydrogens (tertiary/aromatic N) is 1. The molecule has 2 amide bonds. The number of rotatable bonds is 6. The normalized spacial score (nSPS) is 11.3. The second-order valence-electron chi connectivity index (χ2n) is 4.93. The molecule has 0 aliphatic rings. The predicted octanol–water partition coefficient (Wildman–Crippen LogP) is 1.78. The van der Waals surface area contributed by atoms with Gasteiger partial charge >= 0.3 is 6.09 Å². The number of benzene rings is 2. The first-order chi connectivity index (χ1) is 11.5. The van der Waals surface area contributed by atoms with Crippen molar-refractivity contribution in [3.05, 3.63) is 70.3 Å². The molecular weight excluding hydrogens is 314 g/mol. The molecule has 3 N–H and O–H groups in total.